The van der Waals surface area contributed by atoms with Crippen molar-refractivity contribution in [2.75, 3.05) is 6.61 Å². The van der Waals surface area contributed by atoms with Gasteiger partial charge in [-0.2, -0.15) is 0 Å². The van der Waals surface area contributed by atoms with Gasteiger partial charge in [-0.1, -0.05) is 91.4 Å². The highest BCUT2D eigenvalue weighted by Gasteiger charge is 2.04. The van der Waals surface area contributed by atoms with Crippen molar-refractivity contribution in [1.29, 1.82) is 0 Å². The summed E-state index contributed by atoms with van der Waals surface area (Å²) in [4.78, 5) is 0. The van der Waals surface area contributed by atoms with Crippen LogP contribution in [0.5, 0.6) is 0 Å². The van der Waals surface area contributed by atoms with E-state index < -0.39 is 6.29 Å². The molecule has 0 amide bonds. The number of unbranched alkanes of at least 4 members (excludes halogenated alkanes) is 10. The van der Waals surface area contributed by atoms with Crippen LogP contribution >= 0.6 is 0 Å². The molecule has 1 unspecified atom stereocenters. The summed E-state index contributed by atoms with van der Waals surface area (Å²) in [5.74, 6) is 0.768. The average molecular weight is 315 g/mol. The van der Waals surface area contributed by atoms with Gasteiger partial charge >= 0.3 is 0 Å². The van der Waals surface area contributed by atoms with Crippen molar-refractivity contribution in [3.63, 3.8) is 0 Å². The van der Waals surface area contributed by atoms with E-state index in [0.29, 0.717) is 0 Å². The van der Waals surface area contributed by atoms with E-state index in [2.05, 4.69) is 20.8 Å². The number of hydrogen-bond acceptors (Lipinski definition) is 2. The SMILES string of the molecule is CCCCCCCCCCCCOC(O)CCCCC(C)C. The molecule has 134 valence electrons. The van der Waals surface area contributed by atoms with Gasteiger partial charge in [0.05, 0.1) is 0 Å². The lowest BCUT2D eigenvalue weighted by Gasteiger charge is -2.12. The summed E-state index contributed by atoms with van der Waals surface area (Å²) >= 11 is 0. The second kappa shape index (κ2) is 17.3. The van der Waals surface area contributed by atoms with E-state index in [1.54, 1.807) is 0 Å². The second-order valence-electron chi connectivity index (χ2n) is 7.19. The average Bonchev–Trinajstić information content (AvgIpc) is 2.49. The Hall–Kier alpha value is -0.0800. The third-order valence-corrected chi connectivity index (χ3v) is 4.29. The molecule has 2 nitrogen and oxygen atoms in total. The predicted molar refractivity (Wildman–Crippen MR) is 97.1 cm³/mol. The summed E-state index contributed by atoms with van der Waals surface area (Å²) in [5.41, 5.74) is 0. The van der Waals surface area contributed by atoms with E-state index in [-0.39, 0.29) is 0 Å². The van der Waals surface area contributed by atoms with Gasteiger partial charge in [0.25, 0.3) is 0 Å². The zero-order chi connectivity index (χ0) is 16.5. The Kier molecular flexibility index (Phi) is 17.2. The van der Waals surface area contributed by atoms with Gasteiger partial charge in [-0.15, -0.1) is 0 Å². The van der Waals surface area contributed by atoms with Crippen LogP contribution in [0, 0.1) is 5.92 Å². The van der Waals surface area contributed by atoms with Crippen molar-refractivity contribution >= 4 is 0 Å². The largest absolute Gasteiger partial charge is 0.368 e. The monoisotopic (exact) mass is 314 g/mol. The van der Waals surface area contributed by atoms with Crippen molar-refractivity contribution in [1.82, 2.24) is 0 Å². The summed E-state index contributed by atoms with van der Waals surface area (Å²) in [7, 11) is 0. The standard InChI is InChI=1S/C20H42O2/c1-4-5-6-7-8-9-10-11-12-15-18-22-20(21)17-14-13-16-19(2)3/h19-21H,4-18H2,1-3H3. The topological polar surface area (TPSA) is 29.5 Å². The Bertz CT molecular complexity index is 204. The molecule has 1 N–H and O–H groups in total. The first-order valence-electron chi connectivity index (χ1n) is 9.96. The van der Waals surface area contributed by atoms with Crippen LogP contribution in [0.1, 0.15) is 111 Å². The van der Waals surface area contributed by atoms with E-state index in [9.17, 15) is 5.11 Å². The molecule has 0 bridgehead atoms. The summed E-state index contributed by atoms with van der Waals surface area (Å²) in [6.07, 6.45) is 17.2. The molecule has 22 heavy (non-hydrogen) atoms. The summed E-state index contributed by atoms with van der Waals surface area (Å²) in [5, 5.41) is 9.74. The molecule has 0 rings (SSSR count). The molecule has 2 heteroatoms. The van der Waals surface area contributed by atoms with E-state index in [4.69, 9.17) is 4.74 Å². The van der Waals surface area contributed by atoms with Gasteiger partial charge in [0, 0.05) is 6.61 Å². The van der Waals surface area contributed by atoms with Crippen molar-refractivity contribution in [3.05, 3.63) is 0 Å². The fraction of sp³-hybridized carbons (Fsp3) is 1.00. The van der Waals surface area contributed by atoms with Crippen LogP contribution in [0.2, 0.25) is 0 Å². The molecule has 0 spiro atoms. The maximum absolute atomic E-state index is 9.74. The fourth-order valence-electron chi connectivity index (χ4n) is 2.76. The van der Waals surface area contributed by atoms with E-state index in [1.807, 2.05) is 0 Å². The van der Waals surface area contributed by atoms with Crippen molar-refractivity contribution in [2.45, 2.75) is 117 Å². The van der Waals surface area contributed by atoms with Gasteiger partial charge in [-0.3, -0.25) is 0 Å². The smallest absolute Gasteiger partial charge is 0.154 e. The molecule has 0 saturated heterocycles. The Labute approximate surface area is 140 Å². The summed E-state index contributed by atoms with van der Waals surface area (Å²) in [6, 6.07) is 0. The molecular weight excluding hydrogens is 272 g/mol. The molecule has 0 aliphatic rings. The van der Waals surface area contributed by atoms with Crippen LogP contribution in [0.25, 0.3) is 0 Å². The zero-order valence-electron chi connectivity index (χ0n) is 15.6. The maximum Gasteiger partial charge on any atom is 0.154 e. The molecule has 0 heterocycles. The number of hydrogen-bond donors (Lipinski definition) is 1. The molecule has 0 fully saturated rings. The van der Waals surface area contributed by atoms with Crippen LogP contribution in [0.15, 0.2) is 0 Å². The summed E-state index contributed by atoms with van der Waals surface area (Å²) < 4.78 is 5.48. The zero-order valence-corrected chi connectivity index (χ0v) is 15.6. The third kappa shape index (κ3) is 18.0. The Balaban J connectivity index is 3.12. The van der Waals surface area contributed by atoms with Crippen LogP contribution < -0.4 is 0 Å². The van der Waals surface area contributed by atoms with Crippen molar-refractivity contribution < 1.29 is 9.84 Å². The highest BCUT2D eigenvalue weighted by molar-refractivity contribution is 4.50. The molecule has 0 aromatic heterocycles. The van der Waals surface area contributed by atoms with E-state index in [1.165, 1.54) is 70.6 Å². The minimum absolute atomic E-state index is 0.536. The number of rotatable bonds is 17. The molecule has 0 saturated carbocycles. The van der Waals surface area contributed by atoms with Gasteiger partial charge in [0.15, 0.2) is 6.29 Å². The van der Waals surface area contributed by atoms with Gasteiger partial charge in [0.2, 0.25) is 0 Å². The van der Waals surface area contributed by atoms with Gasteiger partial charge in [-0.05, 0) is 25.2 Å². The first-order chi connectivity index (χ1) is 10.7. The molecule has 0 aromatic rings. The summed E-state index contributed by atoms with van der Waals surface area (Å²) in [6.45, 7) is 7.49. The van der Waals surface area contributed by atoms with Crippen LogP contribution in [0.4, 0.5) is 0 Å². The van der Waals surface area contributed by atoms with Gasteiger partial charge in [0.1, 0.15) is 0 Å². The fourth-order valence-corrected chi connectivity index (χ4v) is 2.76. The van der Waals surface area contributed by atoms with E-state index >= 15 is 0 Å². The quantitative estimate of drug-likeness (QED) is 0.246. The van der Waals surface area contributed by atoms with Crippen LogP contribution in [-0.2, 0) is 4.74 Å². The van der Waals surface area contributed by atoms with Crippen LogP contribution in [-0.4, -0.2) is 18.0 Å². The van der Waals surface area contributed by atoms with Crippen molar-refractivity contribution in [3.8, 4) is 0 Å². The van der Waals surface area contributed by atoms with E-state index in [0.717, 1.165) is 31.8 Å². The Morgan fingerprint density at radius 1 is 0.682 bits per heavy atom. The normalized spacial score (nSPS) is 13.0. The maximum atomic E-state index is 9.74. The highest BCUT2D eigenvalue weighted by atomic mass is 16.6. The lowest BCUT2D eigenvalue weighted by atomic mass is 10.1. The minimum atomic E-state index is -0.536. The number of ether oxygens (including phenoxy) is 1. The van der Waals surface area contributed by atoms with Crippen LogP contribution in [0.3, 0.4) is 0 Å². The van der Waals surface area contributed by atoms with Gasteiger partial charge < -0.3 is 9.84 Å². The molecule has 0 aliphatic carbocycles. The third-order valence-electron chi connectivity index (χ3n) is 4.29. The second-order valence-corrected chi connectivity index (χ2v) is 7.19. The van der Waals surface area contributed by atoms with Crippen molar-refractivity contribution in [2.24, 2.45) is 5.92 Å². The molecule has 0 radical (unpaired) electrons. The Morgan fingerprint density at radius 2 is 1.18 bits per heavy atom. The number of aliphatic hydroxyl groups excluding tert-OH is 1. The Morgan fingerprint density at radius 3 is 1.73 bits per heavy atom. The predicted octanol–water partition coefficient (Wildman–Crippen LogP) is 6.46. The highest BCUT2D eigenvalue weighted by Crippen LogP contribution is 2.12. The first-order valence-corrected chi connectivity index (χ1v) is 9.96. The molecule has 0 aromatic carbocycles. The molecular formula is C20H42O2. The van der Waals surface area contributed by atoms with Gasteiger partial charge in [-0.25, -0.2) is 0 Å². The number of aliphatic hydroxyl groups is 1. The molecule has 0 aliphatic heterocycles. The lowest BCUT2D eigenvalue weighted by molar-refractivity contribution is -0.105. The minimum Gasteiger partial charge on any atom is -0.368 e. The molecule has 1 atom stereocenters. The first kappa shape index (κ1) is 21.9. The lowest BCUT2D eigenvalue weighted by Crippen LogP contribution is -2.12.